The number of hydrogen-bond donors (Lipinski definition) is 2. The zero-order valence-corrected chi connectivity index (χ0v) is 10.4. The van der Waals surface area contributed by atoms with Crippen LogP contribution in [0.5, 0.6) is 11.5 Å². The zero-order chi connectivity index (χ0) is 13.7. The highest BCUT2D eigenvalue weighted by molar-refractivity contribution is 6.10. The van der Waals surface area contributed by atoms with Crippen LogP contribution in [0, 0.1) is 0 Å². The maximum absolute atomic E-state index is 12.2. The van der Waals surface area contributed by atoms with Crippen molar-refractivity contribution in [1.82, 2.24) is 0 Å². The minimum absolute atomic E-state index is 0.0941. The summed E-state index contributed by atoms with van der Waals surface area (Å²) in [5.74, 6) is 0.180. The second-order valence-electron chi connectivity index (χ2n) is 4.01. The molecule has 0 aliphatic carbocycles. The molecule has 0 saturated heterocycles. The highest BCUT2D eigenvalue weighted by atomic mass is 16.5. The SMILES string of the molecule is NCCOc1ccc(C(=O)c2ccccc2)c(O)c1. The van der Waals surface area contributed by atoms with E-state index in [0.29, 0.717) is 24.5 Å². The Bertz CT molecular complexity index is 567. The third-order valence-electron chi connectivity index (χ3n) is 2.64. The predicted molar refractivity (Wildman–Crippen MR) is 72.5 cm³/mol. The van der Waals surface area contributed by atoms with Gasteiger partial charge in [0, 0.05) is 18.2 Å². The van der Waals surface area contributed by atoms with Gasteiger partial charge in [-0.2, -0.15) is 0 Å². The zero-order valence-electron chi connectivity index (χ0n) is 10.4. The van der Waals surface area contributed by atoms with E-state index in [0.717, 1.165) is 0 Å². The minimum atomic E-state index is -0.219. The van der Waals surface area contributed by atoms with Gasteiger partial charge in [0.2, 0.25) is 0 Å². The first-order valence-electron chi connectivity index (χ1n) is 5.98. The summed E-state index contributed by atoms with van der Waals surface area (Å²) in [7, 11) is 0. The molecule has 0 aliphatic heterocycles. The molecule has 0 atom stereocenters. The highest BCUT2D eigenvalue weighted by Gasteiger charge is 2.13. The summed E-state index contributed by atoms with van der Waals surface area (Å²) in [5, 5.41) is 9.89. The maximum atomic E-state index is 12.2. The summed E-state index contributed by atoms with van der Waals surface area (Å²) in [6, 6.07) is 13.4. The van der Waals surface area contributed by atoms with Crippen molar-refractivity contribution in [3.63, 3.8) is 0 Å². The van der Waals surface area contributed by atoms with Crippen molar-refractivity contribution in [1.29, 1.82) is 0 Å². The molecule has 0 saturated carbocycles. The van der Waals surface area contributed by atoms with Gasteiger partial charge in [0.1, 0.15) is 18.1 Å². The monoisotopic (exact) mass is 257 g/mol. The molecule has 2 aromatic rings. The van der Waals surface area contributed by atoms with Crippen LogP contribution in [-0.4, -0.2) is 24.0 Å². The number of ether oxygens (including phenoxy) is 1. The van der Waals surface area contributed by atoms with Gasteiger partial charge in [-0.15, -0.1) is 0 Å². The van der Waals surface area contributed by atoms with Crippen molar-refractivity contribution in [2.45, 2.75) is 0 Å². The van der Waals surface area contributed by atoms with Crippen LogP contribution in [0.3, 0.4) is 0 Å². The summed E-state index contributed by atoms with van der Waals surface area (Å²) in [4.78, 5) is 12.2. The van der Waals surface area contributed by atoms with E-state index in [1.54, 1.807) is 36.4 Å². The van der Waals surface area contributed by atoms with Crippen molar-refractivity contribution in [2.24, 2.45) is 5.73 Å². The lowest BCUT2D eigenvalue weighted by Crippen LogP contribution is -2.10. The van der Waals surface area contributed by atoms with Gasteiger partial charge in [-0.3, -0.25) is 4.79 Å². The highest BCUT2D eigenvalue weighted by Crippen LogP contribution is 2.25. The Morgan fingerprint density at radius 3 is 2.53 bits per heavy atom. The number of nitrogens with two attached hydrogens (primary N) is 1. The van der Waals surface area contributed by atoms with Crippen LogP contribution in [0.4, 0.5) is 0 Å². The average molecular weight is 257 g/mol. The molecule has 0 unspecified atom stereocenters. The molecule has 2 aromatic carbocycles. The fourth-order valence-electron chi connectivity index (χ4n) is 1.72. The molecule has 0 spiro atoms. The van der Waals surface area contributed by atoms with Gasteiger partial charge in [-0.05, 0) is 12.1 Å². The third kappa shape index (κ3) is 3.11. The smallest absolute Gasteiger partial charge is 0.196 e. The van der Waals surface area contributed by atoms with E-state index in [1.165, 1.54) is 6.07 Å². The number of ketones is 1. The minimum Gasteiger partial charge on any atom is -0.507 e. The number of rotatable bonds is 5. The van der Waals surface area contributed by atoms with Gasteiger partial charge in [0.05, 0.1) is 5.56 Å². The molecule has 0 radical (unpaired) electrons. The molecule has 0 aliphatic rings. The van der Waals surface area contributed by atoms with Gasteiger partial charge >= 0.3 is 0 Å². The summed E-state index contributed by atoms with van der Waals surface area (Å²) >= 11 is 0. The van der Waals surface area contributed by atoms with Crippen molar-refractivity contribution >= 4 is 5.78 Å². The van der Waals surface area contributed by atoms with Gasteiger partial charge in [0.25, 0.3) is 0 Å². The second-order valence-corrected chi connectivity index (χ2v) is 4.01. The Morgan fingerprint density at radius 1 is 1.16 bits per heavy atom. The van der Waals surface area contributed by atoms with E-state index in [1.807, 2.05) is 6.07 Å². The lowest BCUT2D eigenvalue weighted by molar-refractivity contribution is 0.103. The topological polar surface area (TPSA) is 72.5 Å². The van der Waals surface area contributed by atoms with Gasteiger partial charge in [-0.1, -0.05) is 30.3 Å². The van der Waals surface area contributed by atoms with Gasteiger partial charge in [0.15, 0.2) is 5.78 Å². The van der Waals surface area contributed by atoms with Gasteiger partial charge < -0.3 is 15.6 Å². The lowest BCUT2D eigenvalue weighted by atomic mass is 10.0. The van der Waals surface area contributed by atoms with E-state index < -0.39 is 0 Å². The van der Waals surface area contributed by atoms with E-state index in [4.69, 9.17) is 10.5 Å². The molecular formula is C15H15NO3. The Morgan fingerprint density at radius 2 is 1.89 bits per heavy atom. The summed E-state index contributed by atoms with van der Waals surface area (Å²) in [5.41, 5.74) is 6.12. The molecule has 0 heterocycles. The molecule has 4 heteroatoms. The fourth-order valence-corrected chi connectivity index (χ4v) is 1.72. The summed E-state index contributed by atoms with van der Waals surface area (Å²) in [6.45, 7) is 0.761. The van der Waals surface area contributed by atoms with Crippen LogP contribution in [0.1, 0.15) is 15.9 Å². The fraction of sp³-hybridized carbons (Fsp3) is 0.133. The Kier molecular flexibility index (Phi) is 4.15. The van der Waals surface area contributed by atoms with E-state index in [-0.39, 0.29) is 17.1 Å². The first-order valence-corrected chi connectivity index (χ1v) is 5.98. The first kappa shape index (κ1) is 13.1. The van der Waals surface area contributed by atoms with Gasteiger partial charge in [-0.25, -0.2) is 0 Å². The first-order chi connectivity index (χ1) is 9.22. The molecule has 0 aromatic heterocycles. The third-order valence-corrected chi connectivity index (χ3v) is 2.64. The Labute approximate surface area is 111 Å². The average Bonchev–Trinajstić information content (AvgIpc) is 2.45. The molecule has 3 N–H and O–H groups in total. The number of aromatic hydroxyl groups is 1. The normalized spacial score (nSPS) is 10.2. The number of carbonyl (C=O) groups excluding carboxylic acids is 1. The van der Waals surface area contributed by atoms with Crippen molar-refractivity contribution < 1.29 is 14.6 Å². The van der Waals surface area contributed by atoms with Crippen LogP contribution in [0.15, 0.2) is 48.5 Å². The van der Waals surface area contributed by atoms with E-state index in [9.17, 15) is 9.90 Å². The van der Waals surface area contributed by atoms with E-state index in [2.05, 4.69) is 0 Å². The summed E-state index contributed by atoms with van der Waals surface area (Å²) in [6.07, 6.45) is 0. The molecule has 0 bridgehead atoms. The molecule has 2 rings (SSSR count). The summed E-state index contributed by atoms with van der Waals surface area (Å²) < 4.78 is 5.28. The van der Waals surface area contributed by atoms with Crippen molar-refractivity contribution in [3.8, 4) is 11.5 Å². The molecule has 19 heavy (non-hydrogen) atoms. The Hall–Kier alpha value is -2.33. The van der Waals surface area contributed by atoms with E-state index >= 15 is 0 Å². The molecule has 0 fully saturated rings. The lowest BCUT2D eigenvalue weighted by Gasteiger charge is -2.08. The number of benzene rings is 2. The van der Waals surface area contributed by atoms with Crippen LogP contribution in [0.2, 0.25) is 0 Å². The number of phenolic OH excluding ortho intramolecular Hbond substituents is 1. The quantitative estimate of drug-likeness (QED) is 0.803. The number of phenols is 1. The van der Waals surface area contributed by atoms with Crippen LogP contribution in [-0.2, 0) is 0 Å². The molecule has 0 amide bonds. The Balaban J connectivity index is 2.24. The molecule has 98 valence electrons. The standard InChI is InChI=1S/C15H15NO3/c16-8-9-19-12-6-7-13(14(17)10-12)15(18)11-4-2-1-3-5-11/h1-7,10,17H,8-9,16H2. The molecular weight excluding hydrogens is 242 g/mol. The predicted octanol–water partition coefficient (Wildman–Crippen LogP) is 1.96. The van der Waals surface area contributed by atoms with Crippen molar-refractivity contribution in [3.05, 3.63) is 59.7 Å². The molecule has 4 nitrogen and oxygen atoms in total. The second kappa shape index (κ2) is 6.02. The number of hydrogen-bond acceptors (Lipinski definition) is 4. The number of carbonyl (C=O) groups is 1. The van der Waals surface area contributed by atoms with Crippen LogP contribution in [0.25, 0.3) is 0 Å². The maximum Gasteiger partial charge on any atom is 0.196 e. The van der Waals surface area contributed by atoms with Crippen molar-refractivity contribution in [2.75, 3.05) is 13.2 Å². The van der Waals surface area contributed by atoms with Crippen LogP contribution < -0.4 is 10.5 Å². The largest absolute Gasteiger partial charge is 0.507 e. The van der Waals surface area contributed by atoms with Crippen LogP contribution >= 0.6 is 0 Å².